The molecule has 0 aliphatic rings. The van der Waals surface area contributed by atoms with Gasteiger partial charge >= 0.3 is 0 Å². The second-order valence-corrected chi connectivity index (χ2v) is 5.20. The maximum atomic E-state index is 13.3. The number of nitriles is 1. The van der Waals surface area contributed by atoms with Gasteiger partial charge in [0.2, 0.25) is 0 Å². The van der Waals surface area contributed by atoms with Crippen molar-refractivity contribution in [2.45, 2.75) is 0 Å². The molecule has 0 bridgehead atoms. The Balaban J connectivity index is 2.17. The number of hydrogen-bond acceptors (Lipinski definition) is 4. The molecular formula is C17H11ClFN3O. The number of rotatable bonds is 3. The van der Waals surface area contributed by atoms with E-state index in [-0.39, 0.29) is 5.02 Å². The van der Waals surface area contributed by atoms with E-state index in [2.05, 4.69) is 16.4 Å². The second kappa shape index (κ2) is 6.11. The molecule has 0 aliphatic heterocycles. The molecule has 23 heavy (non-hydrogen) atoms. The third-order valence-electron chi connectivity index (χ3n) is 3.38. The van der Waals surface area contributed by atoms with Crippen LogP contribution in [-0.2, 0) is 0 Å². The van der Waals surface area contributed by atoms with Gasteiger partial charge in [-0.1, -0.05) is 11.6 Å². The molecule has 2 aromatic carbocycles. The highest BCUT2D eigenvalue weighted by atomic mass is 35.5. The molecule has 0 radical (unpaired) electrons. The fraction of sp³-hybridized carbons (Fsp3) is 0.0588. The van der Waals surface area contributed by atoms with Crippen LogP contribution < -0.4 is 10.1 Å². The maximum absolute atomic E-state index is 13.3. The Morgan fingerprint density at radius 3 is 2.78 bits per heavy atom. The Bertz CT molecular complexity index is 937. The van der Waals surface area contributed by atoms with Crippen LogP contribution in [0.4, 0.5) is 15.8 Å². The molecule has 0 spiro atoms. The molecule has 114 valence electrons. The molecule has 0 saturated carbocycles. The Hall–Kier alpha value is -2.84. The monoisotopic (exact) mass is 327 g/mol. The topological polar surface area (TPSA) is 57.9 Å². The molecule has 0 atom stereocenters. The van der Waals surface area contributed by atoms with Crippen molar-refractivity contribution in [2.24, 2.45) is 0 Å². The largest absolute Gasteiger partial charge is 0.497 e. The van der Waals surface area contributed by atoms with E-state index in [1.807, 2.05) is 0 Å². The SMILES string of the molecule is COc1ccc2ncc(C#N)c(Nc3ccc(F)c(Cl)c3)c2c1. The minimum absolute atomic E-state index is 0.00412. The summed E-state index contributed by atoms with van der Waals surface area (Å²) in [6.45, 7) is 0. The van der Waals surface area contributed by atoms with Gasteiger partial charge in [0.1, 0.15) is 17.6 Å². The first-order valence-electron chi connectivity index (χ1n) is 6.71. The number of hydrogen-bond donors (Lipinski definition) is 1. The number of nitrogens with zero attached hydrogens (tertiary/aromatic N) is 2. The molecule has 3 aromatic rings. The normalized spacial score (nSPS) is 10.3. The van der Waals surface area contributed by atoms with E-state index >= 15 is 0 Å². The summed E-state index contributed by atoms with van der Waals surface area (Å²) in [5.74, 6) is 0.147. The summed E-state index contributed by atoms with van der Waals surface area (Å²) in [5.41, 5.74) is 2.22. The Morgan fingerprint density at radius 1 is 1.26 bits per heavy atom. The summed E-state index contributed by atoms with van der Waals surface area (Å²) < 4.78 is 18.5. The molecule has 6 heteroatoms. The fourth-order valence-corrected chi connectivity index (χ4v) is 2.42. The van der Waals surface area contributed by atoms with Gasteiger partial charge in [0.05, 0.1) is 28.9 Å². The number of ether oxygens (including phenoxy) is 1. The summed E-state index contributed by atoms with van der Waals surface area (Å²) in [6.07, 6.45) is 1.49. The van der Waals surface area contributed by atoms with Gasteiger partial charge in [-0.05, 0) is 36.4 Å². The summed E-state index contributed by atoms with van der Waals surface area (Å²) >= 11 is 5.81. The molecule has 0 aliphatic carbocycles. The van der Waals surface area contributed by atoms with Crippen LogP contribution >= 0.6 is 11.6 Å². The number of pyridine rings is 1. The average Bonchev–Trinajstić information content (AvgIpc) is 2.58. The van der Waals surface area contributed by atoms with Gasteiger partial charge in [-0.3, -0.25) is 4.98 Å². The molecule has 0 fully saturated rings. The van der Waals surface area contributed by atoms with Crippen LogP contribution in [0.25, 0.3) is 10.9 Å². The average molecular weight is 328 g/mol. The summed E-state index contributed by atoms with van der Waals surface area (Å²) in [7, 11) is 1.57. The molecule has 1 aromatic heterocycles. The van der Waals surface area contributed by atoms with E-state index in [9.17, 15) is 9.65 Å². The van der Waals surface area contributed by atoms with Crippen molar-refractivity contribution < 1.29 is 9.13 Å². The Kier molecular flexibility index (Phi) is 4.00. The van der Waals surface area contributed by atoms with Gasteiger partial charge in [0, 0.05) is 17.3 Å². The summed E-state index contributed by atoms with van der Waals surface area (Å²) in [6, 6.07) is 11.8. The van der Waals surface area contributed by atoms with Crippen LogP contribution in [0.3, 0.4) is 0 Å². The van der Waals surface area contributed by atoms with Crippen molar-refractivity contribution in [1.82, 2.24) is 4.98 Å². The number of nitrogens with one attached hydrogen (secondary N) is 1. The number of halogens is 2. The van der Waals surface area contributed by atoms with E-state index < -0.39 is 5.82 Å². The van der Waals surface area contributed by atoms with Crippen LogP contribution in [0, 0.1) is 17.1 Å². The quantitative estimate of drug-likeness (QED) is 0.760. The lowest BCUT2D eigenvalue weighted by molar-refractivity contribution is 0.415. The summed E-state index contributed by atoms with van der Waals surface area (Å²) in [4.78, 5) is 4.26. The molecule has 1 N–H and O–H groups in total. The van der Waals surface area contributed by atoms with Gasteiger partial charge in [0.25, 0.3) is 0 Å². The van der Waals surface area contributed by atoms with Gasteiger partial charge < -0.3 is 10.1 Å². The van der Waals surface area contributed by atoms with Crippen LogP contribution in [0.2, 0.25) is 5.02 Å². The first kappa shape index (κ1) is 15.1. The number of aromatic nitrogens is 1. The van der Waals surface area contributed by atoms with Crippen molar-refractivity contribution in [2.75, 3.05) is 12.4 Å². The molecule has 0 amide bonds. The van der Waals surface area contributed by atoms with Crippen molar-refractivity contribution in [1.29, 1.82) is 5.26 Å². The minimum atomic E-state index is -0.501. The van der Waals surface area contributed by atoms with Gasteiger partial charge in [-0.25, -0.2) is 4.39 Å². The lowest BCUT2D eigenvalue weighted by Crippen LogP contribution is -1.97. The number of fused-ring (bicyclic) bond motifs is 1. The maximum Gasteiger partial charge on any atom is 0.141 e. The van der Waals surface area contributed by atoms with Gasteiger partial charge in [-0.15, -0.1) is 0 Å². The smallest absolute Gasteiger partial charge is 0.141 e. The van der Waals surface area contributed by atoms with Crippen molar-refractivity contribution in [3.8, 4) is 11.8 Å². The predicted molar refractivity (Wildman–Crippen MR) is 87.7 cm³/mol. The third kappa shape index (κ3) is 2.89. The highest BCUT2D eigenvalue weighted by molar-refractivity contribution is 6.31. The molecular weight excluding hydrogens is 317 g/mol. The van der Waals surface area contributed by atoms with E-state index in [0.717, 1.165) is 5.39 Å². The van der Waals surface area contributed by atoms with Gasteiger partial charge in [-0.2, -0.15) is 5.26 Å². The zero-order valence-electron chi connectivity index (χ0n) is 12.1. The van der Waals surface area contributed by atoms with Crippen molar-refractivity contribution in [3.63, 3.8) is 0 Å². The first-order chi connectivity index (χ1) is 11.1. The van der Waals surface area contributed by atoms with Crippen LogP contribution in [0.5, 0.6) is 5.75 Å². The predicted octanol–water partition coefficient (Wildman–Crippen LogP) is 4.65. The zero-order valence-corrected chi connectivity index (χ0v) is 12.9. The highest BCUT2D eigenvalue weighted by Crippen LogP contribution is 2.32. The fourth-order valence-electron chi connectivity index (χ4n) is 2.24. The van der Waals surface area contributed by atoms with Crippen LogP contribution in [0.15, 0.2) is 42.6 Å². The van der Waals surface area contributed by atoms with E-state index in [0.29, 0.717) is 28.2 Å². The van der Waals surface area contributed by atoms with E-state index in [4.69, 9.17) is 16.3 Å². The Morgan fingerprint density at radius 2 is 2.09 bits per heavy atom. The number of anilines is 2. The Labute approximate surface area is 137 Å². The van der Waals surface area contributed by atoms with E-state index in [1.54, 1.807) is 31.4 Å². The van der Waals surface area contributed by atoms with Crippen molar-refractivity contribution >= 4 is 33.9 Å². The molecule has 0 saturated heterocycles. The van der Waals surface area contributed by atoms with Gasteiger partial charge in [0.15, 0.2) is 0 Å². The minimum Gasteiger partial charge on any atom is -0.497 e. The summed E-state index contributed by atoms with van der Waals surface area (Å²) in [5, 5.41) is 13.2. The number of methoxy groups -OCH3 is 1. The molecule has 0 unspecified atom stereocenters. The first-order valence-corrected chi connectivity index (χ1v) is 7.09. The standard InChI is InChI=1S/C17H11ClFN3O/c1-23-12-3-5-16-13(7-12)17(10(8-20)9-21-16)22-11-2-4-15(19)14(18)6-11/h2-7,9H,1H3,(H,21,22). The van der Waals surface area contributed by atoms with Crippen molar-refractivity contribution in [3.05, 3.63) is 59.0 Å². The lowest BCUT2D eigenvalue weighted by Gasteiger charge is -2.12. The molecule has 1 heterocycles. The number of benzene rings is 2. The third-order valence-corrected chi connectivity index (χ3v) is 3.67. The van der Waals surface area contributed by atoms with Crippen LogP contribution in [0.1, 0.15) is 5.56 Å². The van der Waals surface area contributed by atoms with E-state index in [1.165, 1.54) is 18.3 Å². The van der Waals surface area contributed by atoms with Crippen LogP contribution in [-0.4, -0.2) is 12.1 Å². The molecule has 3 rings (SSSR count). The molecule has 4 nitrogen and oxygen atoms in total. The highest BCUT2D eigenvalue weighted by Gasteiger charge is 2.11. The zero-order chi connectivity index (χ0) is 16.4. The lowest BCUT2D eigenvalue weighted by atomic mass is 10.1. The second-order valence-electron chi connectivity index (χ2n) is 4.80.